The third-order valence-electron chi connectivity index (χ3n) is 4.26. The highest BCUT2D eigenvalue weighted by molar-refractivity contribution is 5.94. The third-order valence-corrected chi connectivity index (χ3v) is 4.26. The van der Waals surface area contributed by atoms with Gasteiger partial charge in [0.1, 0.15) is 5.75 Å². The summed E-state index contributed by atoms with van der Waals surface area (Å²) < 4.78 is 7.21. The van der Waals surface area contributed by atoms with Crippen molar-refractivity contribution in [3.8, 4) is 11.4 Å². The Labute approximate surface area is 153 Å². The predicted octanol–water partition coefficient (Wildman–Crippen LogP) is 3.47. The van der Waals surface area contributed by atoms with Gasteiger partial charge in [0, 0.05) is 17.8 Å². The molecular formula is C21H23N3O2. The van der Waals surface area contributed by atoms with Crippen molar-refractivity contribution in [3.05, 3.63) is 77.1 Å². The number of amides is 1. The number of hydrogen-bond donors (Lipinski definition) is 1. The molecule has 0 aliphatic carbocycles. The lowest BCUT2D eigenvalue weighted by Crippen LogP contribution is -2.25. The lowest BCUT2D eigenvalue weighted by atomic mass is 10.1. The zero-order valence-corrected chi connectivity index (χ0v) is 15.3. The number of carbonyl (C=O) groups is 1. The highest BCUT2D eigenvalue weighted by Gasteiger charge is 2.08. The van der Waals surface area contributed by atoms with Gasteiger partial charge >= 0.3 is 0 Å². The van der Waals surface area contributed by atoms with Crippen LogP contribution in [0.4, 0.5) is 0 Å². The summed E-state index contributed by atoms with van der Waals surface area (Å²) >= 11 is 0. The monoisotopic (exact) mass is 349 g/mol. The fourth-order valence-corrected chi connectivity index (χ4v) is 2.97. The number of ether oxygens (including phenoxy) is 1. The minimum Gasteiger partial charge on any atom is -0.496 e. The number of aryl methyl sites for hydroxylation is 2. The SMILES string of the molecule is COc1ccccc1CCNC(=O)c1ccc(-n2nc(C)cc2C)cc1. The third kappa shape index (κ3) is 3.94. The molecule has 0 aliphatic rings. The molecule has 2 aromatic carbocycles. The first kappa shape index (κ1) is 17.7. The maximum absolute atomic E-state index is 12.3. The Morgan fingerprint density at radius 3 is 2.50 bits per heavy atom. The number of hydrogen-bond acceptors (Lipinski definition) is 3. The van der Waals surface area contributed by atoms with Gasteiger partial charge in [-0.1, -0.05) is 18.2 Å². The van der Waals surface area contributed by atoms with Gasteiger partial charge < -0.3 is 10.1 Å². The van der Waals surface area contributed by atoms with Gasteiger partial charge in [0.25, 0.3) is 5.91 Å². The second kappa shape index (κ2) is 7.87. The Kier molecular flexibility index (Phi) is 5.37. The van der Waals surface area contributed by atoms with E-state index in [9.17, 15) is 4.79 Å². The molecule has 134 valence electrons. The molecule has 1 N–H and O–H groups in total. The molecule has 5 heteroatoms. The van der Waals surface area contributed by atoms with E-state index in [1.807, 2.05) is 73.1 Å². The first-order chi connectivity index (χ1) is 12.6. The number of methoxy groups -OCH3 is 1. The summed E-state index contributed by atoms with van der Waals surface area (Å²) in [4.78, 5) is 12.3. The smallest absolute Gasteiger partial charge is 0.251 e. The number of para-hydroxylation sites is 1. The molecule has 0 aliphatic heterocycles. The molecule has 1 amide bonds. The van der Waals surface area contributed by atoms with Gasteiger partial charge in [0.2, 0.25) is 0 Å². The van der Waals surface area contributed by atoms with E-state index in [0.717, 1.165) is 34.8 Å². The molecule has 0 saturated carbocycles. The number of benzene rings is 2. The summed E-state index contributed by atoms with van der Waals surface area (Å²) in [5.74, 6) is 0.760. The lowest BCUT2D eigenvalue weighted by molar-refractivity contribution is 0.0954. The van der Waals surface area contributed by atoms with Crippen molar-refractivity contribution in [1.29, 1.82) is 0 Å². The van der Waals surface area contributed by atoms with Crippen molar-refractivity contribution >= 4 is 5.91 Å². The quantitative estimate of drug-likeness (QED) is 0.741. The van der Waals surface area contributed by atoms with Crippen molar-refractivity contribution in [2.75, 3.05) is 13.7 Å². The zero-order valence-electron chi connectivity index (χ0n) is 15.3. The molecule has 26 heavy (non-hydrogen) atoms. The largest absolute Gasteiger partial charge is 0.496 e. The van der Waals surface area contributed by atoms with Crippen LogP contribution in [-0.2, 0) is 6.42 Å². The van der Waals surface area contributed by atoms with E-state index in [1.54, 1.807) is 7.11 Å². The van der Waals surface area contributed by atoms with Gasteiger partial charge in [-0.3, -0.25) is 4.79 Å². The van der Waals surface area contributed by atoms with Crippen LogP contribution in [0.2, 0.25) is 0 Å². The number of aromatic nitrogens is 2. The van der Waals surface area contributed by atoms with Crippen LogP contribution in [0.15, 0.2) is 54.6 Å². The maximum atomic E-state index is 12.3. The first-order valence-corrected chi connectivity index (χ1v) is 8.62. The Morgan fingerprint density at radius 1 is 1.12 bits per heavy atom. The average molecular weight is 349 g/mol. The molecule has 0 fully saturated rings. The predicted molar refractivity (Wildman–Crippen MR) is 102 cm³/mol. The van der Waals surface area contributed by atoms with Crippen molar-refractivity contribution in [2.24, 2.45) is 0 Å². The highest BCUT2D eigenvalue weighted by atomic mass is 16.5. The standard InChI is InChI=1S/C21H23N3O2/c1-15-14-16(2)24(23-15)19-10-8-18(9-11-19)21(25)22-13-12-17-6-4-5-7-20(17)26-3/h4-11,14H,12-13H2,1-3H3,(H,22,25). The lowest BCUT2D eigenvalue weighted by Gasteiger charge is -2.10. The van der Waals surface area contributed by atoms with E-state index in [4.69, 9.17) is 4.74 Å². The summed E-state index contributed by atoms with van der Waals surface area (Å²) in [5.41, 5.74) is 4.70. The van der Waals surface area contributed by atoms with Crippen LogP contribution < -0.4 is 10.1 Å². The van der Waals surface area contributed by atoms with Crippen LogP contribution in [0.3, 0.4) is 0 Å². The van der Waals surface area contributed by atoms with E-state index in [0.29, 0.717) is 12.1 Å². The fourth-order valence-electron chi connectivity index (χ4n) is 2.97. The molecule has 0 atom stereocenters. The van der Waals surface area contributed by atoms with Crippen molar-refractivity contribution in [3.63, 3.8) is 0 Å². The molecule has 0 saturated heterocycles. The van der Waals surface area contributed by atoms with Crippen LogP contribution in [0.1, 0.15) is 27.3 Å². The molecule has 1 heterocycles. The second-order valence-electron chi connectivity index (χ2n) is 6.20. The molecule has 5 nitrogen and oxygen atoms in total. The van der Waals surface area contributed by atoms with E-state index in [1.165, 1.54) is 0 Å². The Bertz CT molecular complexity index is 898. The summed E-state index contributed by atoms with van der Waals surface area (Å²) in [6, 6.07) is 17.3. The Morgan fingerprint density at radius 2 is 1.85 bits per heavy atom. The Hall–Kier alpha value is -3.08. The normalized spacial score (nSPS) is 10.6. The van der Waals surface area contributed by atoms with E-state index in [-0.39, 0.29) is 5.91 Å². The summed E-state index contributed by atoms with van der Waals surface area (Å²) in [5, 5.41) is 7.42. The molecule has 0 bridgehead atoms. The topological polar surface area (TPSA) is 56.1 Å². The van der Waals surface area contributed by atoms with Gasteiger partial charge in [-0.15, -0.1) is 0 Å². The van der Waals surface area contributed by atoms with E-state index in [2.05, 4.69) is 10.4 Å². The number of nitrogens with zero attached hydrogens (tertiary/aromatic N) is 2. The molecule has 0 spiro atoms. The van der Waals surface area contributed by atoms with Gasteiger partial charge in [0.05, 0.1) is 18.5 Å². The van der Waals surface area contributed by atoms with Gasteiger partial charge in [-0.05, 0) is 62.2 Å². The van der Waals surface area contributed by atoms with Crippen LogP contribution in [0.5, 0.6) is 5.75 Å². The van der Waals surface area contributed by atoms with Crippen molar-refractivity contribution in [1.82, 2.24) is 15.1 Å². The fraction of sp³-hybridized carbons (Fsp3) is 0.238. The minimum absolute atomic E-state index is 0.0835. The highest BCUT2D eigenvalue weighted by Crippen LogP contribution is 2.17. The van der Waals surface area contributed by atoms with Crippen molar-refractivity contribution < 1.29 is 9.53 Å². The molecule has 3 aromatic rings. The van der Waals surface area contributed by atoms with Gasteiger partial charge in [-0.25, -0.2) is 4.68 Å². The molecule has 1 aromatic heterocycles. The summed E-state index contributed by atoms with van der Waals surface area (Å²) in [6.07, 6.45) is 0.722. The first-order valence-electron chi connectivity index (χ1n) is 8.62. The Balaban J connectivity index is 1.61. The second-order valence-corrected chi connectivity index (χ2v) is 6.20. The van der Waals surface area contributed by atoms with E-state index >= 15 is 0 Å². The van der Waals surface area contributed by atoms with Crippen LogP contribution in [0, 0.1) is 13.8 Å². The van der Waals surface area contributed by atoms with E-state index < -0.39 is 0 Å². The molecular weight excluding hydrogens is 326 g/mol. The van der Waals surface area contributed by atoms with Crippen LogP contribution in [0.25, 0.3) is 5.69 Å². The van der Waals surface area contributed by atoms with Gasteiger partial charge in [-0.2, -0.15) is 5.10 Å². The molecule has 3 rings (SSSR count). The number of rotatable bonds is 6. The number of nitrogens with one attached hydrogen (secondary N) is 1. The molecule has 0 unspecified atom stereocenters. The summed E-state index contributed by atoms with van der Waals surface area (Å²) in [6.45, 7) is 4.53. The van der Waals surface area contributed by atoms with Crippen LogP contribution >= 0.6 is 0 Å². The van der Waals surface area contributed by atoms with Gasteiger partial charge in [0.15, 0.2) is 0 Å². The summed E-state index contributed by atoms with van der Waals surface area (Å²) in [7, 11) is 1.65. The zero-order chi connectivity index (χ0) is 18.5. The maximum Gasteiger partial charge on any atom is 0.251 e. The van der Waals surface area contributed by atoms with Crippen LogP contribution in [-0.4, -0.2) is 29.3 Å². The number of carbonyl (C=O) groups excluding carboxylic acids is 1. The average Bonchev–Trinajstić information content (AvgIpc) is 3.00. The minimum atomic E-state index is -0.0835. The van der Waals surface area contributed by atoms with Crippen molar-refractivity contribution in [2.45, 2.75) is 20.3 Å². The molecule has 0 radical (unpaired) electrons.